The Bertz CT molecular complexity index is 836. The SMILES string of the molecule is COc1cc(C)c(S(=O)(=O)N2CCOC[C@H]2COCC(=O)N(C)CCN(C)C)c(C)c1. The van der Waals surface area contributed by atoms with E-state index in [0.717, 1.165) is 6.54 Å². The third-order valence-corrected chi connectivity index (χ3v) is 7.51. The summed E-state index contributed by atoms with van der Waals surface area (Å²) in [6.07, 6.45) is 0. The minimum absolute atomic E-state index is 0.0841. The van der Waals surface area contributed by atoms with Crippen molar-refractivity contribution in [1.82, 2.24) is 14.1 Å². The molecule has 0 saturated carbocycles. The van der Waals surface area contributed by atoms with E-state index in [2.05, 4.69) is 0 Å². The van der Waals surface area contributed by atoms with Gasteiger partial charge in [-0.25, -0.2) is 8.42 Å². The van der Waals surface area contributed by atoms with Gasteiger partial charge < -0.3 is 24.0 Å². The summed E-state index contributed by atoms with van der Waals surface area (Å²) in [6.45, 7) is 5.62. The van der Waals surface area contributed by atoms with Crippen molar-refractivity contribution in [2.75, 3.05) is 74.3 Å². The fourth-order valence-electron chi connectivity index (χ4n) is 3.51. The molecule has 31 heavy (non-hydrogen) atoms. The summed E-state index contributed by atoms with van der Waals surface area (Å²) in [5, 5.41) is 0. The third-order valence-electron chi connectivity index (χ3n) is 5.25. The standard InChI is InChI=1S/C21H35N3O6S/c1-16-11-19(28-6)12-17(2)21(16)31(26,27)24-9-10-29-13-18(24)14-30-15-20(25)23(5)8-7-22(3)4/h11-12,18H,7-10,13-15H2,1-6H3/t18-/m0/s1. The zero-order valence-corrected chi connectivity index (χ0v) is 20.2. The van der Waals surface area contributed by atoms with Crippen molar-refractivity contribution in [2.45, 2.75) is 24.8 Å². The molecule has 1 atom stereocenters. The van der Waals surface area contributed by atoms with Crippen molar-refractivity contribution in [1.29, 1.82) is 0 Å². The molecule has 2 rings (SSSR count). The molecular formula is C21H35N3O6S. The number of morpholine rings is 1. The summed E-state index contributed by atoms with van der Waals surface area (Å²) in [6, 6.07) is 2.93. The number of likely N-dealkylation sites (N-methyl/N-ethyl adjacent to an activating group) is 2. The van der Waals surface area contributed by atoms with Crippen LogP contribution in [0.15, 0.2) is 17.0 Å². The van der Waals surface area contributed by atoms with Gasteiger partial charge in [-0.1, -0.05) is 0 Å². The highest BCUT2D eigenvalue weighted by Crippen LogP contribution is 2.30. The normalized spacial score (nSPS) is 17.7. The quantitative estimate of drug-likeness (QED) is 0.512. The molecule has 10 heteroatoms. The average Bonchev–Trinajstić information content (AvgIpc) is 2.71. The molecule has 1 fully saturated rings. The van der Waals surface area contributed by atoms with Crippen LogP contribution in [0.25, 0.3) is 0 Å². The number of carbonyl (C=O) groups excluding carboxylic acids is 1. The van der Waals surface area contributed by atoms with Crippen LogP contribution < -0.4 is 4.74 Å². The number of hydrogen-bond acceptors (Lipinski definition) is 7. The number of hydrogen-bond donors (Lipinski definition) is 0. The minimum atomic E-state index is -3.77. The molecule has 1 aromatic carbocycles. The first-order valence-electron chi connectivity index (χ1n) is 10.3. The minimum Gasteiger partial charge on any atom is -0.497 e. The van der Waals surface area contributed by atoms with Gasteiger partial charge in [0.2, 0.25) is 15.9 Å². The third kappa shape index (κ3) is 6.63. The molecule has 0 aromatic heterocycles. The Labute approximate surface area is 185 Å². The number of sulfonamides is 1. The van der Waals surface area contributed by atoms with Gasteiger partial charge in [0.15, 0.2) is 0 Å². The molecule has 1 aliphatic heterocycles. The fourth-order valence-corrected chi connectivity index (χ4v) is 5.50. The Morgan fingerprint density at radius 3 is 2.42 bits per heavy atom. The number of benzene rings is 1. The molecule has 0 unspecified atom stereocenters. The zero-order chi connectivity index (χ0) is 23.2. The molecule has 1 saturated heterocycles. The molecule has 1 amide bonds. The van der Waals surface area contributed by atoms with E-state index in [-0.39, 0.29) is 37.2 Å². The summed E-state index contributed by atoms with van der Waals surface area (Å²) < 4.78 is 44.8. The van der Waals surface area contributed by atoms with Crippen LogP contribution in [0.2, 0.25) is 0 Å². The molecule has 0 spiro atoms. The summed E-state index contributed by atoms with van der Waals surface area (Å²) in [5.74, 6) is 0.475. The Morgan fingerprint density at radius 2 is 1.84 bits per heavy atom. The van der Waals surface area contributed by atoms with E-state index >= 15 is 0 Å². The van der Waals surface area contributed by atoms with Gasteiger partial charge in [0.25, 0.3) is 0 Å². The van der Waals surface area contributed by atoms with Crippen molar-refractivity contribution in [3.05, 3.63) is 23.3 Å². The summed E-state index contributed by atoms with van der Waals surface area (Å²) in [5.41, 5.74) is 1.25. The molecule has 1 aromatic rings. The highest BCUT2D eigenvalue weighted by Gasteiger charge is 2.36. The number of amides is 1. The lowest BCUT2D eigenvalue weighted by Gasteiger charge is -2.35. The molecule has 0 N–H and O–H groups in total. The van der Waals surface area contributed by atoms with E-state index in [0.29, 0.717) is 30.0 Å². The second-order valence-corrected chi connectivity index (χ2v) is 9.90. The fraction of sp³-hybridized carbons (Fsp3) is 0.667. The second-order valence-electron chi connectivity index (χ2n) is 8.07. The molecule has 1 heterocycles. The van der Waals surface area contributed by atoms with Crippen molar-refractivity contribution in [2.24, 2.45) is 0 Å². The molecule has 0 radical (unpaired) electrons. The number of methoxy groups -OCH3 is 1. The van der Waals surface area contributed by atoms with Crippen molar-refractivity contribution < 1.29 is 27.4 Å². The van der Waals surface area contributed by atoms with E-state index in [9.17, 15) is 13.2 Å². The van der Waals surface area contributed by atoms with Crippen LogP contribution >= 0.6 is 0 Å². The predicted octanol–water partition coefficient (Wildman–Crippen LogP) is 0.738. The van der Waals surface area contributed by atoms with Gasteiger partial charge in [-0.2, -0.15) is 4.31 Å². The molecule has 0 aliphatic carbocycles. The lowest BCUT2D eigenvalue weighted by molar-refractivity contribution is -0.135. The van der Waals surface area contributed by atoms with Crippen molar-refractivity contribution in [3.63, 3.8) is 0 Å². The largest absolute Gasteiger partial charge is 0.497 e. The Kier molecular flexibility index (Phi) is 9.26. The predicted molar refractivity (Wildman–Crippen MR) is 118 cm³/mol. The topological polar surface area (TPSA) is 88.6 Å². The average molecular weight is 458 g/mol. The van der Waals surface area contributed by atoms with Gasteiger partial charge in [-0.3, -0.25) is 4.79 Å². The molecule has 1 aliphatic rings. The first-order valence-corrected chi connectivity index (χ1v) is 11.7. The first kappa shape index (κ1) is 25.5. The Hall–Kier alpha value is -1.72. The number of ether oxygens (including phenoxy) is 3. The molecule has 9 nitrogen and oxygen atoms in total. The summed E-state index contributed by atoms with van der Waals surface area (Å²) in [7, 11) is 3.40. The molecular weight excluding hydrogens is 422 g/mol. The summed E-state index contributed by atoms with van der Waals surface area (Å²) in [4.78, 5) is 16.1. The Morgan fingerprint density at radius 1 is 1.19 bits per heavy atom. The molecule has 176 valence electrons. The Balaban J connectivity index is 2.08. The first-order chi connectivity index (χ1) is 14.6. The van der Waals surface area contributed by atoms with Crippen LogP contribution in [0, 0.1) is 13.8 Å². The van der Waals surface area contributed by atoms with Gasteiger partial charge in [0.1, 0.15) is 12.4 Å². The van der Waals surface area contributed by atoms with Gasteiger partial charge in [0.05, 0.1) is 37.9 Å². The zero-order valence-electron chi connectivity index (χ0n) is 19.4. The van der Waals surface area contributed by atoms with Crippen molar-refractivity contribution >= 4 is 15.9 Å². The van der Waals surface area contributed by atoms with Gasteiger partial charge in [-0.15, -0.1) is 0 Å². The monoisotopic (exact) mass is 457 g/mol. The van der Waals surface area contributed by atoms with Gasteiger partial charge in [-0.05, 0) is 51.2 Å². The molecule has 0 bridgehead atoms. The number of carbonyl (C=O) groups is 1. The van der Waals surface area contributed by atoms with Crippen LogP contribution in [-0.4, -0.2) is 109 Å². The van der Waals surface area contributed by atoms with Gasteiger partial charge >= 0.3 is 0 Å². The van der Waals surface area contributed by atoms with E-state index in [1.807, 2.05) is 19.0 Å². The maximum absolute atomic E-state index is 13.5. The van der Waals surface area contributed by atoms with E-state index in [1.165, 1.54) is 4.31 Å². The second kappa shape index (κ2) is 11.2. The lowest BCUT2D eigenvalue weighted by Crippen LogP contribution is -2.51. The van der Waals surface area contributed by atoms with Crippen LogP contribution in [-0.2, 0) is 24.3 Å². The maximum atomic E-state index is 13.5. The number of rotatable bonds is 10. The smallest absolute Gasteiger partial charge is 0.248 e. The number of aryl methyl sites for hydroxylation is 2. The highest BCUT2D eigenvalue weighted by atomic mass is 32.2. The van der Waals surface area contributed by atoms with E-state index in [4.69, 9.17) is 14.2 Å². The van der Waals surface area contributed by atoms with Crippen molar-refractivity contribution in [3.8, 4) is 5.75 Å². The number of nitrogens with zero attached hydrogens (tertiary/aromatic N) is 3. The van der Waals surface area contributed by atoms with Crippen LogP contribution in [0.1, 0.15) is 11.1 Å². The van der Waals surface area contributed by atoms with E-state index < -0.39 is 16.1 Å². The summed E-state index contributed by atoms with van der Waals surface area (Å²) >= 11 is 0. The van der Waals surface area contributed by atoms with E-state index in [1.54, 1.807) is 45.0 Å². The van der Waals surface area contributed by atoms with Crippen LogP contribution in [0.3, 0.4) is 0 Å². The van der Waals surface area contributed by atoms with Crippen LogP contribution in [0.4, 0.5) is 0 Å². The lowest BCUT2D eigenvalue weighted by atomic mass is 10.1. The maximum Gasteiger partial charge on any atom is 0.248 e. The van der Waals surface area contributed by atoms with Gasteiger partial charge in [0, 0.05) is 26.7 Å². The van der Waals surface area contributed by atoms with Crippen LogP contribution in [0.5, 0.6) is 5.75 Å². The highest BCUT2D eigenvalue weighted by molar-refractivity contribution is 7.89.